The van der Waals surface area contributed by atoms with Crippen LogP contribution in [0, 0.1) is 0 Å². The summed E-state index contributed by atoms with van der Waals surface area (Å²) in [4.78, 5) is 8.38. The van der Waals surface area contributed by atoms with Crippen molar-refractivity contribution in [3.63, 3.8) is 0 Å². The van der Waals surface area contributed by atoms with Crippen LogP contribution in [0.25, 0.3) is 5.69 Å². The number of benzene rings is 1. The smallest absolute Gasteiger partial charge is 0.0996 e. The van der Waals surface area contributed by atoms with E-state index < -0.39 is 0 Å². The number of halogens is 1. The lowest BCUT2D eigenvalue weighted by Gasteiger charge is -2.01. The molecule has 2 aromatic heterocycles. The molecule has 4 nitrogen and oxygen atoms in total. The normalized spacial score (nSPS) is 10.7. The maximum absolute atomic E-state index is 5.86. The molecule has 90 valence electrons. The number of hydrogen-bond acceptors (Lipinski definition) is 2. The third kappa shape index (κ3) is 2.28. The van der Waals surface area contributed by atoms with Gasteiger partial charge in [0.2, 0.25) is 0 Å². The molecule has 3 rings (SSSR count). The van der Waals surface area contributed by atoms with E-state index in [0.29, 0.717) is 0 Å². The van der Waals surface area contributed by atoms with E-state index in [4.69, 9.17) is 11.6 Å². The van der Waals surface area contributed by atoms with E-state index in [0.717, 1.165) is 22.9 Å². The molecular formula is C13H11ClN4. The molecule has 3 aromatic rings. The average Bonchev–Trinajstić information content (AvgIpc) is 3.02. The molecule has 0 amide bonds. The van der Waals surface area contributed by atoms with Gasteiger partial charge in [-0.2, -0.15) is 0 Å². The van der Waals surface area contributed by atoms with Crippen LogP contribution in [0.3, 0.4) is 0 Å². The summed E-state index contributed by atoms with van der Waals surface area (Å²) in [6, 6.07) is 7.66. The van der Waals surface area contributed by atoms with Gasteiger partial charge >= 0.3 is 0 Å². The molecule has 0 aliphatic heterocycles. The maximum atomic E-state index is 5.86. The molecule has 0 spiro atoms. The standard InChI is InChI=1S/C13H11ClN4/c14-11-1-3-13(4-2-11)18-8-12(16-10-18)7-17-6-5-15-9-17/h1-6,8-10H,7H2. The summed E-state index contributed by atoms with van der Waals surface area (Å²) in [7, 11) is 0. The molecule has 2 heterocycles. The molecule has 0 radical (unpaired) electrons. The Bertz CT molecular complexity index is 625. The van der Waals surface area contributed by atoms with E-state index in [-0.39, 0.29) is 0 Å². The van der Waals surface area contributed by atoms with Gasteiger partial charge in [0.25, 0.3) is 0 Å². The first-order valence-corrected chi connectivity index (χ1v) is 5.93. The molecule has 0 atom stereocenters. The first-order valence-electron chi connectivity index (χ1n) is 5.56. The zero-order valence-electron chi connectivity index (χ0n) is 9.57. The lowest BCUT2D eigenvalue weighted by Crippen LogP contribution is -1.96. The van der Waals surface area contributed by atoms with Gasteiger partial charge in [0.05, 0.1) is 24.9 Å². The number of imidazole rings is 2. The summed E-state index contributed by atoms with van der Waals surface area (Å²) < 4.78 is 3.96. The number of rotatable bonds is 3. The first-order chi connectivity index (χ1) is 8.81. The zero-order valence-corrected chi connectivity index (χ0v) is 10.3. The van der Waals surface area contributed by atoms with Crippen molar-refractivity contribution in [1.82, 2.24) is 19.1 Å². The van der Waals surface area contributed by atoms with Crippen LogP contribution in [0.2, 0.25) is 5.02 Å². The predicted octanol–water partition coefficient (Wildman–Crippen LogP) is 2.77. The maximum Gasteiger partial charge on any atom is 0.0996 e. The molecule has 5 heteroatoms. The highest BCUT2D eigenvalue weighted by Crippen LogP contribution is 2.14. The highest BCUT2D eigenvalue weighted by molar-refractivity contribution is 6.30. The lowest BCUT2D eigenvalue weighted by molar-refractivity contribution is 0.778. The van der Waals surface area contributed by atoms with E-state index in [1.165, 1.54) is 0 Å². The molecule has 0 N–H and O–H groups in total. The van der Waals surface area contributed by atoms with Crippen molar-refractivity contribution in [3.05, 3.63) is 66.2 Å². The predicted molar refractivity (Wildman–Crippen MR) is 69.9 cm³/mol. The Balaban J connectivity index is 1.83. The molecule has 1 aromatic carbocycles. The monoisotopic (exact) mass is 258 g/mol. The second-order valence-electron chi connectivity index (χ2n) is 3.98. The minimum absolute atomic E-state index is 0.723. The molecular weight excluding hydrogens is 248 g/mol. The highest BCUT2D eigenvalue weighted by Gasteiger charge is 2.01. The summed E-state index contributed by atoms with van der Waals surface area (Å²) in [5, 5.41) is 0.734. The minimum atomic E-state index is 0.723. The topological polar surface area (TPSA) is 35.6 Å². The summed E-state index contributed by atoms with van der Waals surface area (Å²) in [6.45, 7) is 0.723. The number of aromatic nitrogens is 4. The van der Waals surface area contributed by atoms with Crippen molar-refractivity contribution < 1.29 is 0 Å². The van der Waals surface area contributed by atoms with E-state index in [1.54, 1.807) is 18.9 Å². The summed E-state index contributed by atoms with van der Waals surface area (Å²) in [6.07, 6.45) is 9.26. The second kappa shape index (κ2) is 4.66. The van der Waals surface area contributed by atoms with Gasteiger partial charge in [0, 0.05) is 29.3 Å². The number of nitrogens with zero attached hydrogens (tertiary/aromatic N) is 4. The Morgan fingerprint density at radius 3 is 2.67 bits per heavy atom. The average molecular weight is 259 g/mol. The van der Waals surface area contributed by atoms with Crippen LogP contribution in [0.1, 0.15) is 5.69 Å². The Morgan fingerprint density at radius 2 is 1.94 bits per heavy atom. The van der Waals surface area contributed by atoms with Crippen LogP contribution in [0.5, 0.6) is 0 Å². The molecule has 0 saturated heterocycles. The van der Waals surface area contributed by atoms with E-state index in [2.05, 4.69) is 9.97 Å². The van der Waals surface area contributed by atoms with E-state index in [9.17, 15) is 0 Å². The Labute approximate surface area is 109 Å². The molecule has 0 unspecified atom stereocenters. The summed E-state index contributed by atoms with van der Waals surface area (Å²) >= 11 is 5.86. The van der Waals surface area contributed by atoms with Crippen molar-refractivity contribution in [3.8, 4) is 5.69 Å². The minimum Gasteiger partial charge on any atom is -0.331 e. The van der Waals surface area contributed by atoms with Gasteiger partial charge in [-0.1, -0.05) is 11.6 Å². The quantitative estimate of drug-likeness (QED) is 0.724. The van der Waals surface area contributed by atoms with Crippen molar-refractivity contribution in [2.75, 3.05) is 0 Å². The molecule has 0 aliphatic rings. The van der Waals surface area contributed by atoms with Gasteiger partial charge in [0.15, 0.2) is 0 Å². The summed E-state index contributed by atoms with van der Waals surface area (Å²) in [5.74, 6) is 0. The molecule has 0 saturated carbocycles. The van der Waals surface area contributed by atoms with Gasteiger partial charge in [0.1, 0.15) is 0 Å². The van der Waals surface area contributed by atoms with Gasteiger partial charge in [-0.25, -0.2) is 9.97 Å². The van der Waals surface area contributed by atoms with Crippen molar-refractivity contribution in [1.29, 1.82) is 0 Å². The fraction of sp³-hybridized carbons (Fsp3) is 0.0769. The third-order valence-corrected chi connectivity index (χ3v) is 2.92. The Hall–Kier alpha value is -2.07. The third-order valence-electron chi connectivity index (χ3n) is 2.66. The van der Waals surface area contributed by atoms with Gasteiger partial charge in [-0.3, -0.25) is 0 Å². The molecule has 0 bridgehead atoms. The van der Waals surface area contributed by atoms with Crippen LogP contribution in [0.4, 0.5) is 0 Å². The largest absolute Gasteiger partial charge is 0.331 e. The second-order valence-corrected chi connectivity index (χ2v) is 4.42. The number of hydrogen-bond donors (Lipinski definition) is 0. The van der Waals surface area contributed by atoms with Crippen LogP contribution >= 0.6 is 11.6 Å². The fourth-order valence-corrected chi connectivity index (χ4v) is 1.89. The van der Waals surface area contributed by atoms with Crippen molar-refractivity contribution in [2.45, 2.75) is 6.54 Å². The van der Waals surface area contributed by atoms with Crippen molar-refractivity contribution in [2.24, 2.45) is 0 Å². The highest BCUT2D eigenvalue weighted by atomic mass is 35.5. The SMILES string of the molecule is Clc1ccc(-n2cnc(Cn3ccnc3)c2)cc1. The van der Waals surface area contributed by atoms with Crippen LogP contribution in [-0.2, 0) is 6.54 Å². The van der Waals surface area contributed by atoms with Crippen LogP contribution in [0.15, 0.2) is 55.5 Å². The van der Waals surface area contributed by atoms with Crippen LogP contribution in [-0.4, -0.2) is 19.1 Å². The zero-order chi connectivity index (χ0) is 12.4. The molecule has 0 aliphatic carbocycles. The van der Waals surface area contributed by atoms with E-state index in [1.807, 2.05) is 45.8 Å². The Morgan fingerprint density at radius 1 is 1.11 bits per heavy atom. The van der Waals surface area contributed by atoms with E-state index >= 15 is 0 Å². The van der Waals surface area contributed by atoms with Gasteiger partial charge < -0.3 is 9.13 Å². The Kier molecular flexibility index (Phi) is 2.86. The molecule has 0 fully saturated rings. The lowest BCUT2D eigenvalue weighted by atomic mass is 10.3. The van der Waals surface area contributed by atoms with Gasteiger partial charge in [-0.05, 0) is 24.3 Å². The first kappa shape index (κ1) is 11.0. The summed E-state index contributed by atoms with van der Waals surface area (Å²) in [5.41, 5.74) is 2.03. The van der Waals surface area contributed by atoms with Crippen LogP contribution < -0.4 is 0 Å². The van der Waals surface area contributed by atoms with Gasteiger partial charge in [-0.15, -0.1) is 0 Å². The fourth-order valence-electron chi connectivity index (χ4n) is 1.77. The van der Waals surface area contributed by atoms with Crippen molar-refractivity contribution >= 4 is 11.6 Å². The molecule has 18 heavy (non-hydrogen) atoms.